The molecular weight excluding hydrogens is 506 g/mol. The van der Waals surface area contributed by atoms with Gasteiger partial charge < -0.3 is 52.6 Å². The predicted molar refractivity (Wildman–Crippen MR) is 141 cm³/mol. The molecule has 210 valence electrons. The number of amides is 3. The highest BCUT2D eigenvalue weighted by Gasteiger charge is 2.73. The maximum atomic E-state index is 13.5. The first-order chi connectivity index (χ1) is 18.4. The molecule has 6 rings (SSSR count). The fourth-order valence-electron chi connectivity index (χ4n) is 6.10. The fraction of sp³-hybridized carbons (Fsp3) is 0.600. The molecule has 1 aromatic rings. The van der Waals surface area contributed by atoms with E-state index in [9.17, 15) is 19.8 Å². The van der Waals surface area contributed by atoms with Crippen LogP contribution in [0.25, 0.3) is 0 Å². The lowest BCUT2D eigenvalue weighted by Crippen LogP contribution is -2.78. The van der Waals surface area contributed by atoms with Crippen LogP contribution in [0.3, 0.4) is 0 Å². The van der Waals surface area contributed by atoms with Gasteiger partial charge in [-0.2, -0.15) is 0 Å². The fourth-order valence-corrected chi connectivity index (χ4v) is 6.10. The number of urea groups is 1. The predicted octanol–water partition coefficient (Wildman–Crippen LogP) is -2.02. The quantitative estimate of drug-likeness (QED) is 0.193. The first kappa shape index (κ1) is 25.5. The molecule has 1 aliphatic carbocycles. The van der Waals surface area contributed by atoms with Crippen molar-refractivity contribution in [3.63, 3.8) is 0 Å². The van der Waals surface area contributed by atoms with Crippen molar-refractivity contribution in [3.05, 3.63) is 29.3 Å². The van der Waals surface area contributed by atoms with Crippen LogP contribution in [-0.4, -0.2) is 94.3 Å². The first-order valence-corrected chi connectivity index (χ1v) is 13.2. The summed E-state index contributed by atoms with van der Waals surface area (Å²) in [5.74, 6) is -2.64. The van der Waals surface area contributed by atoms with E-state index in [1.807, 2.05) is 6.07 Å². The molecule has 4 aliphatic heterocycles. The number of nitrogens with zero attached hydrogens (tertiary/aromatic N) is 3. The smallest absolute Gasteiger partial charge is 0.315 e. The van der Waals surface area contributed by atoms with Crippen molar-refractivity contribution in [1.82, 2.24) is 26.2 Å². The van der Waals surface area contributed by atoms with Crippen LogP contribution in [-0.2, 0) is 5.41 Å². The van der Waals surface area contributed by atoms with Crippen molar-refractivity contribution in [2.45, 2.75) is 74.1 Å². The lowest BCUT2D eigenvalue weighted by atomic mass is 9.79. The number of rotatable bonds is 5. The summed E-state index contributed by atoms with van der Waals surface area (Å²) in [6.07, 6.45) is 2.69. The summed E-state index contributed by atoms with van der Waals surface area (Å²) in [6, 6.07) is 2.32. The average Bonchev–Trinajstić information content (AvgIpc) is 3.56. The Kier molecular flexibility index (Phi) is 5.63. The summed E-state index contributed by atoms with van der Waals surface area (Å²) in [6.45, 7) is 4.61. The highest BCUT2D eigenvalue weighted by Crippen LogP contribution is 2.45. The van der Waals surface area contributed by atoms with Gasteiger partial charge >= 0.3 is 6.03 Å². The molecule has 2 fully saturated rings. The zero-order chi connectivity index (χ0) is 27.7. The normalized spacial score (nSPS) is 31.4. The molecule has 1 saturated heterocycles. The van der Waals surface area contributed by atoms with E-state index in [2.05, 4.69) is 45.1 Å². The highest BCUT2D eigenvalue weighted by atomic mass is 16.5. The molecule has 14 nitrogen and oxygen atoms in total. The Morgan fingerprint density at radius 1 is 1.21 bits per heavy atom. The minimum Gasteiger partial charge on any atom is -0.492 e. The van der Waals surface area contributed by atoms with Crippen molar-refractivity contribution in [1.29, 1.82) is 0 Å². The minimum absolute atomic E-state index is 0.00412. The number of guanidine groups is 2. The Labute approximate surface area is 225 Å². The Morgan fingerprint density at radius 3 is 2.72 bits per heavy atom. The van der Waals surface area contributed by atoms with Crippen LogP contribution in [0.4, 0.5) is 4.79 Å². The van der Waals surface area contributed by atoms with Gasteiger partial charge in [0, 0.05) is 24.7 Å². The zero-order valence-corrected chi connectivity index (χ0v) is 21.9. The molecule has 39 heavy (non-hydrogen) atoms. The molecule has 0 aromatic heterocycles. The summed E-state index contributed by atoms with van der Waals surface area (Å²) >= 11 is 0. The van der Waals surface area contributed by atoms with E-state index in [-0.39, 0.29) is 42.5 Å². The number of nitrogens with one attached hydrogen (secondary N) is 4. The van der Waals surface area contributed by atoms with E-state index in [4.69, 9.17) is 16.2 Å². The minimum atomic E-state index is -2.58. The Hall–Kier alpha value is -3.78. The van der Waals surface area contributed by atoms with Gasteiger partial charge in [0.25, 0.3) is 5.91 Å². The number of hydrogen-bond acceptors (Lipinski definition) is 11. The molecule has 3 amide bonds. The van der Waals surface area contributed by atoms with E-state index in [1.165, 1.54) is 4.90 Å². The number of benzene rings is 1. The Balaban J connectivity index is 1.26. The zero-order valence-electron chi connectivity index (χ0n) is 21.9. The van der Waals surface area contributed by atoms with Crippen LogP contribution in [0, 0.1) is 0 Å². The van der Waals surface area contributed by atoms with Crippen molar-refractivity contribution in [2.75, 3.05) is 19.7 Å². The Bertz CT molecular complexity index is 1280. The highest BCUT2D eigenvalue weighted by molar-refractivity contribution is 5.98. The Morgan fingerprint density at radius 2 is 1.97 bits per heavy atom. The third-order valence-electron chi connectivity index (χ3n) is 8.45. The summed E-state index contributed by atoms with van der Waals surface area (Å²) in [5, 5.41) is 34.6. The average molecular weight is 542 g/mol. The lowest BCUT2D eigenvalue weighted by Gasteiger charge is -2.49. The summed E-state index contributed by atoms with van der Waals surface area (Å²) < 4.78 is 5.89. The van der Waals surface area contributed by atoms with Crippen LogP contribution in [0.2, 0.25) is 0 Å². The van der Waals surface area contributed by atoms with Gasteiger partial charge in [0.05, 0.1) is 18.2 Å². The molecule has 0 unspecified atom stereocenters. The van der Waals surface area contributed by atoms with E-state index < -0.39 is 35.5 Å². The molecule has 14 heteroatoms. The summed E-state index contributed by atoms with van der Waals surface area (Å²) in [5.41, 5.74) is 11.7. The van der Waals surface area contributed by atoms with Gasteiger partial charge in [-0.25, -0.2) is 14.8 Å². The van der Waals surface area contributed by atoms with Crippen molar-refractivity contribution >= 4 is 23.9 Å². The van der Waals surface area contributed by atoms with Gasteiger partial charge in [-0.1, -0.05) is 26.0 Å². The van der Waals surface area contributed by atoms with Crippen LogP contribution in [0.1, 0.15) is 49.0 Å². The van der Waals surface area contributed by atoms with Gasteiger partial charge in [0.2, 0.25) is 5.79 Å². The largest absolute Gasteiger partial charge is 0.492 e. The van der Waals surface area contributed by atoms with Crippen molar-refractivity contribution in [3.8, 4) is 5.75 Å². The second-order valence-electron chi connectivity index (χ2n) is 11.6. The number of fused-ring (bicyclic) bond motifs is 1. The van der Waals surface area contributed by atoms with Gasteiger partial charge in [-0.15, -0.1) is 0 Å². The van der Waals surface area contributed by atoms with Crippen LogP contribution in [0.15, 0.2) is 28.2 Å². The number of hydrogen-bond donors (Lipinski definition) is 8. The molecule has 10 N–H and O–H groups in total. The molecule has 0 bridgehead atoms. The van der Waals surface area contributed by atoms with Crippen LogP contribution < -0.4 is 37.5 Å². The third kappa shape index (κ3) is 3.92. The number of aliphatic imine (C=N–C) groups is 2. The molecule has 4 atom stereocenters. The molecule has 1 saturated carbocycles. The van der Waals surface area contributed by atoms with Crippen molar-refractivity contribution < 1.29 is 24.5 Å². The molecular formula is C25H35N9O5. The van der Waals surface area contributed by atoms with Crippen LogP contribution >= 0.6 is 0 Å². The number of para-hydroxylation sites is 1. The number of aliphatic hydroxyl groups is 2. The maximum Gasteiger partial charge on any atom is 0.315 e. The monoisotopic (exact) mass is 541 g/mol. The van der Waals surface area contributed by atoms with Gasteiger partial charge in [-0.3, -0.25) is 4.79 Å². The van der Waals surface area contributed by atoms with Gasteiger partial charge in [-0.05, 0) is 30.7 Å². The number of carbonyl (C=O) groups excluding carboxylic acids is 2. The second kappa shape index (κ2) is 8.61. The number of carbonyl (C=O) groups is 2. The summed E-state index contributed by atoms with van der Waals surface area (Å²) in [7, 11) is 0. The molecule has 0 radical (unpaired) electrons. The van der Waals surface area contributed by atoms with E-state index in [0.29, 0.717) is 17.9 Å². The molecule has 1 spiro atoms. The molecule has 1 aromatic carbocycles. The number of nitrogens with two attached hydrogens (primary N) is 2. The SMILES string of the molecule is CC1(C)CCOc2c(C(=O)N[C@H]3CN4C(N)=N[C@@H](CNC(=O)NC5CC5)[C@@H]5N=C(N)N[C@@]54C3(O)O)cccc21. The van der Waals surface area contributed by atoms with E-state index in [0.717, 1.165) is 24.8 Å². The van der Waals surface area contributed by atoms with E-state index in [1.54, 1.807) is 12.1 Å². The van der Waals surface area contributed by atoms with Gasteiger partial charge in [0.1, 0.15) is 17.8 Å². The lowest BCUT2D eigenvalue weighted by molar-refractivity contribution is -0.230. The van der Waals surface area contributed by atoms with Crippen molar-refractivity contribution in [2.24, 2.45) is 21.5 Å². The van der Waals surface area contributed by atoms with Crippen LogP contribution in [0.5, 0.6) is 5.75 Å². The maximum absolute atomic E-state index is 13.5. The topological polar surface area (TPSA) is 212 Å². The molecule has 5 aliphatic rings. The van der Waals surface area contributed by atoms with E-state index >= 15 is 0 Å². The summed E-state index contributed by atoms with van der Waals surface area (Å²) in [4.78, 5) is 36.1. The standard InChI is InChI=1S/C25H35N9O5/c1-23(2)8-9-39-17-13(4-3-5-14(17)23)19(35)31-16-11-34-21(27)30-15(10-28-22(36)29-12-6-7-12)18-24(34,25(16,37)38)33-20(26)32-18/h3-5,12,15-16,18,37-38H,6-11H2,1-2H3,(H2,27,30)(H,31,35)(H3,26,32,33)(H2,28,29,36)/t15-,16-,18-,24-/m0/s1. The van der Waals surface area contributed by atoms with Gasteiger partial charge in [0.15, 0.2) is 17.6 Å². The third-order valence-corrected chi connectivity index (χ3v) is 8.45. The molecule has 4 heterocycles. The number of ether oxygens (including phenoxy) is 1. The first-order valence-electron chi connectivity index (χ1n) is 13.2. The second-order valence-corrected chi connectivity index (χ2v) is 11.6.